The molecule has 0 aromatic heterocycles. The van der Waals surface area contributed by atoms with Gasteiger partial charge in [-0.25, -0.2) is 0 Å². The summed E-state index contributed by atoms with van der Waals surface area (Å²) >= 11 is 0. The maximum absolute atomic E-state index is 11.5. The van der Waals surface area contributed by atoms with E-state index in [0.717, 1.165) is 18.5 Å². The van der Waals surface area contributed by atoms with Crippen LogP contribution in [0.15, 0.2) is 24.3 Å². The standard InChI is InChI=1S/C11H12N2O2/c14-8-9-1-3-10(4-2-9)13-6-5-12-7-11(13)15/h1-4,8,12H,5-7H2. The highest BCUT2D eigenvalue weighted by Crippen LogP contribution is 2.15. The van der Waals surface area contributed by atoms with Crippen LogP contribution in [0.5, 0.6) is 0 Å². The van der Waals surface area contributed by atoms with Gasteiger partial charge in [0.2, 0.25) is 5.91 Å². The number of benzene rings is 1. The molecule has 1 heterocycles. The van der Waals surface area contributed by atoms with Gasteiger partial charge in [0.25, 0.3) is 0 Å². The monoisotopic (exact) mass is 204 g/mol. The summed E-state index contributed by atoms with van der Waals surface area (Å²) in [5.74, 6) is 0.0695. The summed E-state index contributed by atoms with van der Waals surface area (Å²) < 4.78 is 0. The molecule has 1 aromatic carbocycles. The van der Waals surface area contributed by atoms with Crippen LogP contribution in [0.3, 0.4) is 0 Å². The Bertz CT molecular complexity index is 373. The molecule has 4 nitrogen and oxygen atoms in total. The van der Waals surface area contributed by atoms with Gasteiger partial charge in [0.15, 0.2) is 0 Å². The Labute approximate surface area is 87.9 Å². The second kappa shape index (κ2) is 4.23. The van der Waals surface area contributed by atoms with Crippen LogP contribution in [-0.2, 0) is 4.79 Å². The maximum Gasteiger partial charge on any atom is 0.240 e. The topological polar surface area (TPSA) is 49.4 Å². The number of carbonyl (C=O) groups is 2. The maximum atomic E-state index is 11.5. The van der Waals surface area contributed by atoms with E-state index in [1.54, 1.807) is 29.2 Å². The lowest BCUT2D eigenvalue weighted by Crippen LogP contribution is -2.48. The molecule has 1 saturated heterocycles. The molecule has 0 aliphatic carbocycles. The number of piperazine rings is 1. The van der Waals surface area contributed by atoms with E-state index in [1.165, 1.54) is 0 Å². The van der Waals surface area contributed by atoms with Crippen molar-refractivity contribution in [2.24, 2.45) is 0 Å². The zero-order valence-electron chi connectivity index (χ0n) is 8.27. The average Bonchev–Trinajstić information content (AvgIpc) is 2.30. The summed E-state index contributed by atoms with van der Waals surface area (Å²) in [4.78, 5) is 23.7. The molecule has 1 aliphatic heterocycles. The number of nitrogens with zero attached hydrogens (tertiary/aromatic N) is 1. The number of nitrogens with one attached hydrogen (secondary N) is 1. The fraction of sp³-hybridized carbons (Fsp3) is 0.273. The van der Waals surface area contributed by atoms with E-state index in [1.807, 2.05) is 0 Å². The normalized spacial score (nSPS) is 16.5. The van der Waals surface area contributed by atoms with Crippen LogP contribution in [0.2, 0.25) is 0 Å². The molecule has 1 amide bonds. The summed E-state index contributed by atoms with van der Waals surface area (Å²) in [6, 6.07) is 7.04. The van der Waals surface area contributed by atoms with E-state index >= 15 is 0 Å². The molecule has 0 saturated carbocycles. The first-order valence-electron chi connectivity index (χ1n) is 4.87. The minimum absolute atomic E-state index is 0.0695. The van der Waals surface area contributed by atoms with Crippen molar-refractivity contribution in [1.29, 1.82) is 0 Å². The molecule has 1 N–H and O–H groups in total. The molecule has 4 heteroatoms. The van der Waals surface area contributed by atoms with Crippen molar-refractivity contribution in [3.63, 3.8) is 0 Å². The first-order chi connectivity index (χ1) is 7.31. The summed E-state index contributed by atoms with van der Waals surface area (Å²) in [5, 5.41) is 3.01. The molecule has 0 bridgehead atoms. The number of hydrogen-bond donors (Lipinski definition) is 1. The van der Waals surface area contributed by atoms with E-state index < -0.39 is 0 Å². The number of hydrogen-bond acceptors (Lipinski definition) is 3. The zero-order valence-corrected chi connectivity index (χ0v) is 8.27. The van der Waals surface area contributed by atoms with Gasteiger partial charge < -0.3 is 10.2 Å². The fourth-order valence-electron chi connectivity index (χ4n) is 1.61. The number of carbonyl (C=O) groups excluding carboxylic acids is 2. The Morgan fingerprint density at radius 3 is 2.60 bits per heavy atom. The molecular formula is C11H12N2O2. The van der Waals surface area contributed by atoms with Crippen LogP contribution < -0.4 is 10.2 Å². The molecule has 0 atom stereocenters. The number of aldehydes is 1. The van der Waals surface area contributed by atoms with E-state index in [0.29, 0.717) is 18.7 Å². The van der Waals surface area contributed by atoms with Crippen molar-refractivity contribution in [2.45, 2.75) is 0 Å². The lowest BCUT2D eigenvalue weighted by molar-refractivity contribution is -0.118. The quantitative estimate of drug-likeness (QED) is 0.711. The van der Waals surface area contributed by atoms with Gasteiger partial charge in [-0.1, -0.05) is 0 Å². The Morgan fingerprint density at radius 2 is 2.00 bits per heavy atom. The van der Waals surface area contributed by atoms with Crippen molar-refractivity contribution >= 4 is 17.9 Å². The first-order valence-corrected chi connectivity index (χ1v) is 4.87. The van der Waals surface area contributed by atoms with Crippen LogP contribution in [0.4, 0.5) is 5.69 Å². The minimum Gasteiger partial charge on any atom is -0.310 e. The zero-order chi connectivity index (χ0) is 10.7. The summed E-state index contributed by atoms with van der Waals surface area (Å²) in [6.45, 7) is 1.87. The molecule has 78 valence electrons. The van der Waals surface area contributed by atoms with Crippen LogP contribution in [0.1, 0.15) is 10.4 Å². The SMILES string of the molecule is O=Cc1ccc(N2CCNCC2=O)cc1. The highest BCUT2D eigenvalue weighted by molar-refractivity contribution is 5.95. The minimum atomic E-state index is 0.0695. The second-order valence-corrected chi connectivity index (χ2v) is 3.43. The highest BCUT2D eigenvalue weighted by Gasteiger charge is 2.18. The van der Waals surface area contributed by atoms with Gasteiger partial charge in [-0.15, -0.1) is 0 Å². The van der Waals surface area contributed by atoms with Crippen molar-refractivity contribution in [1.82, 2.24) is 5.32 Å². The van der Waals surface area contributed by atoms with Gasteiger partial charge in [0, 0.05) is 24.3 Å². The predicted molar refractivity (Wildman–Crippen MR) is 57.1 cm³/mol. The lowest BCUT2D eigenvalue weighted by atomic mass is 10.2. The van der Waals surface area contributed by atoms with Crippen molar-refractivity contribution in [2.75, 3.05) is 24.5 Å². The molecule has 1 aromatic rings. The van der Waals surface area contributed by atoms with E-state index in [9.17, 15) is 9.59 Å². The Balaban J connectivity index is 2.20. The second-order valence-electron chi connectivity index (χ2n) is 3.43. The Hall–Kier alpha value is -1.68. The summed E-state index contributed by atoms with van der Waals surface area (Å²) in [5.41, 5.74) is 1.48. The summed E-state index contributed by atoms with van der Waals surface area (Å²) in [6.07, 6.45) is 0.795. The molecule has 0 unspecified atom stereocenters. The van der Waals surface area contributed by atoms with Gasteiger partial charge in [-0.2, -0.15) is 0 Å². The van der Waals surface area contributed by atoms with Crippen LogP contribution in [0.25, 0.3) is 0 Å². The van der Waals surface area contributed by atoms with E-state index in [2.05, 4.69) is 5.32 Å². The van der Waals surface area contributed by atoms with Crippen molar-refractivity contribution in [3.8, 4) is 0 Å². The molecule has 1 fully saturated rings. The molecular weight excluding hydrogens is 192 g/mol. The summed E-state index contributed by atoms with van der Waals surface area (Å²) in [7, 11) is 0. The lowest BCUT2D eigenvalue weighted by Gasteiger charge is -2.27. The Kier molecular flexibility index (Phi) is 2.78. The van der Waals surface area contributed by atoms with Gasteiger partial charge >= 0.3 is 0 Å². The van der Waals surface area contributed by atoms with Crippen LogP contribution >= 0.6 is 0 Å². The molecule has 0 radical (unpaired) electrons. The van der Waals surface area contributed by atoms with Crippen LogP contribution in [0, 0.1) is 0 Å². The highest BCUT2D eigenvalue weighted by atomic mass is 16.2. The van der Waals surface area contributed by atoms with Crippen LogP contribution in [-0.4, -0.2) is 31.8 Å². The number of rotatable bonds is 2. The smallest absolute Gasteiger partial charge is 0.240 e. The van der Waals surface area contributed by atoms with Gasteiger partial charge in [-0.05, 0) is 24.3 Å². The molecule has 0 spiro atoms. The van der Waals surface area contributed by atoms with E-state index in [4.69, 9.17) is 0 Å². The van der Waals surface area contributed by atoms with E-state index in [-0.39, 0.29) is 5.91 Å². The third-order valence-corrected chi connectivity index (χ3v) is 2.43. The molecule has 1 aliphatic rings. The van der Waals surface area contributed by atoms with Gasteiger partial charge in [0.05, 0.1) is 6.54 Å². The van der Waals surface area contributed by atoms with Crippen molar-refractivity contribution < 1.29 is 9.59 Å². The van der Waals surface area contributed by atoms with Gasteiger partial charge in [-0.3, -0.25) is 9.59 Å². The number of anilines is 1. The third-order valence-electron chi connectivity index (χ3n) is 2.43. The predicted octanol–water partition coefficient (Wildman–Crippen LogP) is 0.435. The third kappa shape index (κ3) is 2.05. The molecule has 15 heavy (non-hydrogen) atoms. The first kappa shape index (κ1) is 9.86. The Morgan fingerprint density at radius 1 is 1.27 bits per heavy atom. The number of amides is 1. The molecule has 2 rings (SSSR count). The largest absolute Gasteiger partial charge is 0.310 e. The van der Waals surface area contributed by atoms with Gasteiger partial charge in [0.1, 0.15) is 6.29 Å². The van der Waals surface area contributed by atoms with Crippen molar-refractivity contribution in [3.05, 3.63) is 29.8 Å². The fourth-order valence-corrected chi connectivity index (χ4v) is 1.61. The average molecular weight is 204 g/mol.